The molecule has 2 aromatic heterocycles. The summed E-state index contributed by atoms with van der Waals surface area (Å²) in [5.41, 5.74) is 4.55. The van der Waals surface area contributed by atoms with Gasteiger partial charge in [-0.3, -0.25) is 0 Å². The van der Waals surface area contributed by atoms with Gasteiger partial charge in [0.15, 0.2) is 0 Å². The van der Waals surface area contributed by atoms with Gasteiger partial charge in [-0.15, -0.1) is 0 Å². The lowest BCUT2D eigenvalue weighted by Gasteiger charge is -2.09. The van der Waals surface area contributed by atoms with Crippen molar-refractivity contribution in [2.75, 3.05) is 7.11 Å². The zero-order chi connectivity index (χ0) is 16.8. The molecule has 2 heterocycles. The van der Waals surface area contributed by atoms with E-state index in [9.17, 15) is 4.79 Å². The van der Waals surface area contributed by atoms with Gasteiger partial charge in [-0.1, -0.05) is 12.1 Å². The van der Waals surface area contributed by atoms with Gasteiger partial charge in [0.2, 0.25) is 0 Å². The van der Waals surface area contributed by atoms with Crippen molar-refractivity contribution < 1.29 is 13.6 Å². The fourth-order valence-electron chi connectivity index (χ4n) is 3.12. The summed E-state index contributed by atoms with van der Waals surface area (Å²) in [7, 11) is 1.62. The number of aryl methyl sites for hydroxylation is 2. The van der Waals surface area contributed by atoms with Crippen LogP contribution >= 0.6 is 0 Å². The molecule has 24 heavy (non-hydrogen) atoms. The molecule has 0 saturated heterocycles. The average Bonchev–Trinajstić information content (AvgIpc) is 2.97. The summed E-state index contributed by atoms with van der Waals surface area (Å²) in [6, 6.07) is 11.2. The molecule has 2 aromatic carbocycles. The third kappa shape index (κ3) is 2.11. The molecule has 0 aliphatic rings. The van der Waals surface area contributed by atoms with Crippen LogP contribution in [-0.2, 0) is 0 Å². The second-order valence-electron chi connectivity index (χ2n) is 5.88. The third-order valence-corrected chi connectivity index (χ3v) is 4.37. The maximum atomic E-state index is 12.1. The summed E-state index contributed by atoms with van der Waals surface area (Å²) >= 11 is 0. The summed E-state index contributed by atoms with van der Waals surface area (Å²) in [5, 5.41) is 1.91. The first-order valence-electron chi connectivity index (χ1n) is 7.68. The molecule has 0 atom stereocenters. The van der Waals surface area contributed by atoms with Gasteiger partial charge in [-0.25, -0.2) is 4.79 Å². The fourth-order valence-corrected chi connectivity index (χ4v) is 3.12. The van der Waals surface area contributed by atoms with Crippen LogP contribution in [0.25, 0.3) is 33.1 Å². The Morgan fingerprint density at radius 2 is 1.83 bits per heavy atom. The van der Waals surface area contributed by atoms with Crippen molar-refractivity contribution in [3.63, 3.8) is 0 Å². The molecule has 0 amide bonds. The Morgan fingerprint density at radius 3 is 2.62 bits per heavy atom. The SMILES string of the molecule is COc1cccc(-c2cc(=O)oc3c(C)c4occ(C)c4cc23)c1. The predicted molar refractivity (Wildman–Crippen MR) is 93.7 cm³/mol. The first kappa shape index (κ1) is 14.6. The van der Waals surface area contributed by atoms with Crippen LogP contribution in [0.5, 0.6) is 5.75 Å². The van der Waals surface area contributed by atoms with E-state index in [1.807, 2.05) is 44.2 Å². The first-order chi connectivity index (χ1) is 11.6. The highest BCUT2D eigenvalue weighted by atomic mass is 16.5. The van der Waals surface area contributed by atoms with E-state index in [0.29, 0.717) is 5.58 Å². The maximum Gasteiger partial charge on any atom is 0.336 e. The molecule has 4 heteroatoms. The quantitative estimate of drug-likeness (QED) is 0.496. The van der Waals surface area contributed by atoms with Crippen molar-refractivity contribution in [1.29, 1.82) is 0 Å². The van der Waals surface area contributed by atoms with Gasteiger partial charge in [0, 0.05) is 28.0 Å². The number of methoxy groups -OCH3 is 1. The summed E-state index contributed by atoms with van der Waals surface area (Å²) in [6.45, 7) is 3.91. The summed E-state index contributed by atoms with van der Waals surface area (Å²) < 4.78 is 16.4. The number of hydrogen-bond donors (Lipinski definition) is 0. The first-order valence-corrected chi connectivity index (χ1v) is 7.68. The van der Waals surface area contributed by atoms with E-state index in [-0.39, 0.29) is 5.63 Å². The molecule has 0 fully saturated rings. The van der Waals surface area contributed by atoms with Gasteiger partial charge < -0.3 is 13.6 Å². The van der Waals surface area contributed by atoms with Gasteiger partial charge in [0.25, 0.3) is 0 Å². The Labute approximate surface area is 138 Å². The molecule has 0 unspecified atom stereocenters. The van der Waals surface area contributed by atoms with Crippen LogP contribution in [0.15, 0.2) is 56.3 Å². The van der Waals surface area contributed by atoms with E-state index in [0.717, 1.165) is 44.4 Å². The number of hydrogen-bond acceptors (Lipinski definition) is 4. The number of benzene rings is 2. The lowest BCUT2D eigenvalue weighted by atomic mass is 9.98. The maximum absolute atomic E-state index is 12.1. The molecule has 4 aromatic rings. The second kappa shape index (κ2) is 5.27. The van der Waals surface area contributed by atoms with E-state index < -0.39 is 0 Å². The highest BCUT2D eigenvalue weighted by Gasteiger charge is 2.16. The Kier molecular flexibility index (Phi) is 3.20. The fraction of sp³-hybridized carbons (Fsp3) is 0.150. The topological polar surface area (TPSA) is 52.6 Å². The van der Waals surface area contributed by atoms with Crippen LogP contribution < -0.4 is 10.4 Å². The molecular weight excluding hydrogens is 304 g/mol. The molecule has 0 bridgehead atoms. The number of rotatable bonds is 2. The molecule has 120 valence electrons. The Morgan fingerprint density at radius 1 is 1.00 bits per heavy atom. The van der Waals surface area contributed by atoms with Crippen molar-refractivity contribution in [2.24, 2.45) is 0 Å². The van der Waals surface area contributed by atoms with E-state index in [2.05, 4.69) is 0 Å². The Bertz CT molecular complexity index is 1130. The van der Waals surface area contributed by atoms with Crippen molar-refractivity contribution >= 4 is 21.9 Å². The normalized spacial score (nSPS) is 11.3. The standard InChI is InChI=1S/C20H16O4/c1-11-10-23-19-12(2)20-17(8-15(11)19)16(9-18(21)24-20)13-5-4-6-14(7-13)22-3/h4-10H,1-3H3. The van der Waals surface area contributed by atoms with Crippen molar-refractivity contribution in [3.05, 3.63) is 64.2 Å². The lowest BCUT2D eigenvalue weighted by molar-refractivity contribution is 0.415. The van der Waals surface area contributed by atoms with E-state index in [1.165, 1.54) is 6.07 Å². The molecule has 0 aliphatic heterocycles. The molecule has 0 spiro atoms. The van der Waals surface area contributed by atoms with Gasteiger partial charge in [-0.05, 0) is 43.2 Å². The zero-order valence-electron chi connectivity index (χ0n) is 13.7. The monoisotopic (exact) mass is 320 g/mol. The summed E-state index contributed by atoms with van der Waals surface area (Å²) in [4.78, 5) is 12.1. The predicted octanol–water partition coefficient (Wildman–Crippen LogP) is 4.83. The van der Waals surface area contributed by atoms with Crippen LogP contribution in [0, 0.1) is 13.8 Å². The second-order valence-corrected chi connectivity index (χ2v) is 5.88. The molecular formula is C20H16O4. The molecule has 0 aliphatic carbocycles. The molecule has 0 saturated carbocycles. The molecule has 4 nitrogen and oxygen atoms in total. The Balaban J connectivity index is 2.15. The van der Waals surface area contributed by atoms with Gasteiger partial charge in [0.05, 0.1) is 13.4 Å². The largest absolute Gasteiger partial charge is 0.497 e. The highest BCUT2D eigenvalue weighted by Crippen LogP contribution is 2.36. The zero-order valence-corrected chi connectivity index (χ0v) is 13.7. The van der Waals surface area contributed by atoms with Crippen molar-refractivity contribution in [1.82, 2.24) is 0 Å². The van der Waals surface area contributed by atoms with Crippen LogP contribution in [-0.4, -0.2) is 7.11 Å². The third-order valence-electron chi connectivity index (χ3n) is 4.37. The van der Waals surface area contributed by atoms with E-state index >= 15 is 0 Å². The molecule has 4 rings (SSSR count). The minimum Gasteiger partial charge on any atom is -0.497 e. The summed E-state index contributed by atoms with van der Waals surface area (Å²) in [6.07, 6.45) is 1.72. The van der Waals surface area contributed by atoms with Crippen LogP contribution in [0.3, 0.4) is 0 Å². The van der Waals surface area contributed by atoms with Crippen molar-refractivity contribution in [3.8, 4) is 16.9 Å². The number of ether oxygens (including phenoxy) is 1. The van der Waals surface area contributed by atoms with Crippen molar-refractivity contribution in [2.45, 2.75) is 13.8 Å². The van der Waals surface area contributed by atoms with E-state index in [1.54, 1.807) is 13.4 Å². The smallest absolute Gasteiger partial charge is 0.336 e. The average molecular weight is 320 g/mol. The number of fused-ring (bicyclic) bond motifs is 2. The van der Waals surface area contributed by atoms with Gasteiger partial charge in [0.1, 0.15) is 16.9 Å². The minimum atomic E-state index is -0.383. The van der Waals surface area contributed by atoms with Crippen LogP contribution in [0.1, 0.15) is 11.1 Å². The van der Waals surface area contributed by atoms with E-state index in [4.69, 9.17) is 13.6 Å². The molecule has 0 N–H and O–H groups in total. The minimum absolute atomic E-state index is 0.383. The van der Waals surface area contributed by atoms with Gasteiger partial charge in [-0.2, -0.15) is 0 Å². The van der Waals surface area contributed by atoms with Crippen LogP contribution in [0.2, 0.25) is 0 Å². The number of furan rings is 1. The molecule has 0 radical (unpaired) electrons. The van der Waals surface area contributed by atoms with Crippen LogP contribution in [0.4, 0.5) is 0 Å². The summed E-state index contributed by atoms with van der Waals surface area (Å²) in [5.74, 6) is 0.742. The Hall–Kier alpha value is -3.01. The lowest BCUT2D eigenvalue weighted by Crippen LogP contribution is -1.99. The highest BCUT2D eigenvalue weighted by molar-refractivity contribution is 6.04. The van der Waals surface area contributed by atoms with Gasteiger partial charge >= 0.3 is 5.63 Å².